The molecular weight excluding hydrogens is 448 g/mol. The summed E-state index contributed by atoms with van der Waals surface area (Å²) in [5.74, 6) is -1.14. The van der Waals surface area contributed by atoms with E-state index in [1.54, 1.807) is 28.8 Å². The number of benzene rings is 2. The minimum atomic E-state index is -0.730. The predicted octanol–water partition coefficient (Wildman–Crippen LogP) is 4.39. The minimum absolute atomic E-state index is 0.0155. The van der Waals surface area contributed by atoms with E-state index >= 15 is 0 Å². The lowest BCUT2D eigenvalue weighted by atomic mass is 9.80. The highest BCUT2D eigenvalue weighted by Gasteiger charge is 2.39. The molecule has 0 aliphatic carbocycles. The van der Waals surface area contributed by atoms with Gasteiger partial charge in [0.15, 0.2) is 5.76 Å². The van der Waals surface area contributed by atoms with Crippen molar-refractivity contribution in [3.05, 3.63) is 72.1 Å². The normalized spacial score (nSPS) is 19.7. The van der Waals surface area contributed by atoms with E-state index in [2.05, 4.69) is 5.32 Å². The molecule has 184 valence electrons. The van der Waals surface area contributed by atoms with Gasteiger partial charge in [-0.1, -0.05) is 30.3 Å². The van der Waals surface area contributed by atoms with Gasteiger partial charge < -0.3 is 25.0 Å². The maximum atomic E-state index is 13.2. The lowest BCUT2D eigenvalue weighted by molar-refractivity contribution is -0.164. The van der Waals surface area contributed by atoms with Crippen molar-refractivity contribution in [2.24, 2.45) is 5.92 Å². The summed E-state index contributed by atoms with van der Waals surface area (Å²) in [6.45, 7) is 3.74. The van der Waals surface area contributed by atoms with Crippen molar-refractivity contribution in [1.82, 2.24) is 4.57 Å². The van der Waals surface area contributed by atoms with Crippen molar-refractivity contribution >= 4 is 28.4 Å². The van der Waals surface area contributed by atoms with Crippen molar-refractivity contribution in [3.8, 4) is 5.75 Å². The number of phenols is 1. The third kappa shape index (κ3) is 5.08. The molecule has 1 aromatic heterocycles. The van der Waals surface area contributed by atoms with Crippen LogP contribution in [-0.4, -0.2) is 46.1 Å². The molecule has 0 unspecified atom stereocenters. The van der Waals surface area contributed by atoms with Crippen LogP contribution in [0.1, 0.15) is 43.0 Å². The Labute approximate surface area is 203 Å². The number of fused-ring (bicyclic) bond motifs is 1. The molecule has 1 amide bonds. The predicted molar refractivity (Wildman–Crippen MR) is 132 cm³/mol. The summed E-state index contributed by atoms with van der Waals surface area (Å²) < 4.78 is 13.5. The summed E-state index contributed by atoms with van der Waals surface area (Å²) in [6.07, 6.45) is 3.96. The number of carbonyl (C=O) groups is 2. The number of allylic oxidation sites excluding steroid dienone is 1. The lowest BCUT2D eigenvalue weighted by Crippen LogP contribution is -2.37. The maximum Gasteiger partial charge on any atom is 0.290 e. The van der Waals surface area contributed by atoms with Gasteiger partial charge in [-0.3, -0.25) is 14.2 Å². The average molecular weight is 479 g/mol. The van der Waals surface area contributed by atoms with Gasteiger partial charge in [-0.15, -0.1) is 0 Å². The second kappa shape index (κ2) is 10.8. The first-order valence-electron chi connectivity index (χ1n) is 11.8. The number of aromatic hydroxyl groups is 1. The highest BCUT2D eigenvalue weighted by Crippen LogP contribution is 2.42. The van der Waals surface area contributed by atoms with Crippen LogP contribution in [0.2, 0.25) is 0 Å². The Morgan fingerprint density at radius 3 is 2.60 bits per heavy atom. The SMILES string of the molecule is CCO[C@H]1OC(C(=O)Nc2ccccc2O)=C[C@@H](c2cn(C(C)=O)c3ccccc23)[C@H]1CCCO. The smallest absolute Gasteiger partial charge is 0.290 e. The summed E-state index contributed by atoms with van der Waals surface area (Å²) in [5, 5.41) is 23.2. The van der Waals surface area contributed by atoms with Crippen LogP contribution in [-0.2, 0) is 14.3 Å². The fraction of sp³-hybridized carbons (Fsp3) is 0.333. The molecule has 1 aliphatic rings. The first kappa shape index (κ1) is 24.5. The number of phenolic OH excluding ortho intramolecular Hbond substituents is 1. The fourth-order valence-corrected chi connectivity index (χ4v) is 4.62. The molecule has 3 atom stereocenters. The second-order valence-corrected chi connectivity index (χ2v) is 8.49. The van der Waals surface area contributed by atoms with E-state index in [0.717, 1.165) is 16.5 Å². The Morgan fingerprint density at radius 1 is 1.14 bits per heavy atom. The standard InChI is InChI=1S/C27H30N2O6/c1-3-34-27-19(10-8-14-30)20(21-16-29(17(2)31)23-12-6-4-9-18(21)23)15-25(35-27)26(33)28-22-11-5-7-13-24(22)32/h4-7,9,11-13,15-16,19-20,27,30,32H,3,8,10,14H2,1-2H3,(H,28,33)/t19-,20-,27+/m1/s1. The third-order valence-corrected chi connectivity index (χ3v) is 6.23. The molecule has 0 saturated carbocycles. The highest BCUT2D eigenvalue weighted by molar-refractivity contribution is 6.03. The molecule has 0 fully saturated rings. The molecule has 3 N–H and O–H groups in total. The number of anilines is 1. The van der Waals surface area contributed by atoms with Crippen LogP contribution in [0.25, 0.3) is 10.9 Å². The van der Waals surface area contributed by atoms with Crippen LogP contribution in [0.4, 0.5) is 5.69 Å². The molecule has 2 aromatic carbocycles. The van der Waals surface area contributed by atoms with Gasteiger partial charge in [-0.2, -0.15) is 0 Å². The van der Waals surface area contributed by atoms with Gasteiger partial charge in [-0.05, 0) is 49.6 Å². The molecule has 35 heavy (non-hydrogen) atoms. The Morgan fingerprint density at radius 2 is 1.89 bits per heavy atom. The van der Waals surface area contributed by atoms with Crippen molar-refractivity contribution in [2.75, 3.05) is 18.5 Å². The fourth-order valence-electron chi connectivity index (χ4n) is 4.62. The van der Waals surface area contributed by atoms with Gasteiger partial charge in [-0.25, -0.2) is 0 Å². The van der Waals surface area contributed by atoms with E-state index in [-0.39, 0.29) is 41.5 Å². The van der Waals surface area contributed by atoms with Crippen molar-refractivity contribution in [1.29, 1.82) is 0 Å². The van der Waals surface area contributed by atoms with Crippen LogP contribution in [0, 0.1) is 5.92 Å². The van der Waals surface area contributed by atoms with Gasteiger partial charge in [0.05, 0.1) is 11.2 Å². The number of nitrogens with one attached hydrogen (secondary N) is 1. The zero-order valence-corrected chi connectivity index (χ0v) is 19.8. The number of aromatic nitrogens is 1. The Kier molecular flexibility index (Phi) is 7.53. The molecule has 8 nitrogen and oxygen atoms in total. The number of hydrogen-bond donors (Lipinski definition) is 3. The highest BCUT2D eigenvalue weighted by atomic mass is 16.7. The zero-order valence-electron chi connectivity index (χ0n) is 19.8. The molecule has 0 spiro atoms. The molecule has 3 aromatic rings. The summed E-state index contributed by atoms with van der Waals surface area (Å²) >= 11 is 0. The third-order valence-electron chi connectivity index (χ3n) is 6.23. The number of ether oxygens (including phenoxy) is 2. The number of para-hydroxylation sites is 3. The average Bonchev–Trinajstić information content (AvgIpc) is 3.24. The van der Waals surface area contributed by atoms with Crippen LogP contribution < -0.4 is 5.32 Å². The van der Waals surface area contributed by atoms with Crippen molar-refractivity contribution in [2.45, 2.75) is 38.9 Å². The van der Waals surface area contributed by atoms with Crippen LogP contribution in [0.5, 0.6) is 5.75 Å². The molecular formula is C27H30N2O6. The number of aliphatic hydroxyl groups excluding tert-OH is 1. The van der Waals surface area contributed by atoms with E-state index in [9.17, 15) is 19.8 Å². The van der Waals surface area contributed by atoms with Crippen LogP contribution in [0.15, 0.2) is 66.6 Å². The van der Waals surface area contributed by atoms with E-state index in [1.807, 2.05) is 37.4 Å². The summed E-state index contributed by atoms with van der Waals surface area (Å²) in [7, 11) is 0. The summed E-state index contributed by atoms with van der Waals surface area (Å²) in [5.41, 5.74) is 1.92. The Bertz CT molecular complexity index is 1250. The van der Waals surface area contributed by atoms with Crippen LogP contribution in [0.3, 0.4) is 0 Å². The van der Waals surface area contributed by atoms with Gasteiger partial charge in [0.2, 0.25) is 12.2 Å². The summed E-state index contributed by atoms with van der Waals surface area (Å²) in [4.78, 5) is 25.5. The van der Waals surface area contributed by atoms with Crippen LogP contribution >= 0.6 is 0 Å². The zero-order chi connectivity index (χ0) is 24.9. The molecule has 0 saturated heterocycles. The lowest BCUT2D eigenvalue weighted by Gasteiger charge is -2.36. The second-order valence-electron chi connectivity index (χ2n) is 8.49. The molecule has 0 bridgehead atoms. The first-order chi connectivity index (χ1) is 16.9. The molecule has 0 radical (unpaired) electrons. The Balaban J connectivity index is 1.80. The maximum absolute atomic E-state index is 13.2. The van der Waals surface area contributed by atoms with E-state index < -0.39 is 12.2 Å². The largest absolute Gasteiger partial charge is 0.506 e. The van der Waals surface area contributed by atoms with E-state index in [1.165, 1.54) is 13.0 Å². The Hall–Kier alpha value is -3.62. The first-order valence-corrected chi connectivity index (χ1v) is 11.8. The van der Waals surface area contributed by atoms with Gasteiger partial charge in [0, 0.05) is 43.6 Å². The quantitative estimate of drug-likeness (QED) is 0.414. The number of amides is 1. The van der Waals surface area contributed by atoms with Crippen molar-refractivity contribution in [3.63, 3.8) is 0 Å². The molecule has 2 heterocycles. The summed E-state index contributed by atoms with van der Waals surface area (Å²) in [6, 6.07) is 14.1. The number of aliphatic hydroxyl groups is 1. The van der Waals surface area contributed by atoms with Gasteiger partial charge in [0.1, 0.15) is 5.75 Å². The number of carbonyl (C=O) groups excluding carboxylic acids is 2. The molecule has 1 aliphatic heterocycles. The number of rotatable bonds is 8. The van der Waals surface area contributed by atoms with E-state index in [0.29, 0.717) is 19.4 Å². The van der Waals surface area contributed by atoms with Gasteiger partial charge in [0.25, 0.3) is 5.91 Å². The van der Waals surface area contributed by atoms with E-state index in [4.69, 9.17) is 9.47 Å². The molecule has 8 heteroatoms. The number of nitrogens with zero attached hydrogens (tertiary/aromatic N) is 1. The van der Waals surface area contributed by atoms with Crippen molar-refractivity contribution < 1.29 is 29.3 Å². The minimum Gasteiger partial charge on any atom is -0.506 e. The van der Waals surface area contributed by atoms with Gasteiger partial charge >= 0.3 is 0 Å². The number of hydrogen-bond acceptors (Lipinski definition) is 6. The monoisotopic (exact) mass is 478 g/mol. The topological polar surface area (TPSA) is 110 Å². The molecule has 4 rings (SSSR count).